The van der Waals surface area contributed by atoms with Gasteiger partial charge in [-0.3, -0.25) is 0 Å². The molecule has 0 aliphatic carbocycles. The van der Waals surface area contributed by atoms with Gasteiger partial charge < -0.3 is 20.5 Å². The first-order valence-electron chi connectivity index (χ1n) is 11.1. The van der Waals surface area contributed by atoms with Crippen molar-refractivity contribution < 1.29 is 4.39 Å². The van der Waals surface area contributed by atoms with Crippen molar-refractivity contribution >= 4 is 28.2 Å². The van der Waals surface area contributed by atoms with Crippen molar-refractivity contribution in [3.8, 4) is 0 Å². The van der Waals surface area contributed by atoms with Gasteiger partial charge in [0.1, 0.15) is 23.6 Å². The summed E-state index contributed by atoms with van der Waals surface area (Å²) < 4.78 is 14.1. The van der Waals surface area contributed by atoms with Crippen molar-refractivity contribution in [2.24, 2.45) is 0 Å². The first kappa shape index (κ1) is 19.3. The third-order valence-corrected chi connectivity index (χ3v) is 6.91. The lowest BCUT2D eigenvalue weighted by atomic mass is 9.74. The first-order valence-corrected chi connectivity index (χ1v) is 11.1. The molecule has 0 amide bonds. The van der Waals surface area contributed by atoms with Crippen LogP contribution in [0.5, 0.6) is 0 Å². The number of anilines is 3. The Morgan fingerprint density at radius 1 is 1.06 bits per heavy atom. The normalized spacial score (nSPS) is 17.1. The van der Waals surface area contributed by atoms with E-state index in [2.05, 4.69) is 48.7 Å². The Labute approximate surface area is 185 Å². The molecule has 7 heteroatoms. The topological polar surface area (TPSA) is 68.9 Å². The molecule has 1 spiro atoms. The average molecular weight is 429 g/mol. The largest absolute Gasteiger partial charge is 0.381 e. The molecule has 4 aromatic rings. The van der Waals surface area contributed by atoms with Crippen LogP contribution in [0.3, 0.4) is 0 Å². The molecule has 2 aromatic heterocycles. The van der Waals surface area contributed by atoms with Crippen LogP contribution in [-0.4, -0.2) is 34.6 Å². The smallest absolute Gasteiger partial charge is 0.145 e. The van der Waals surface area contributed by atoms with E-state index in [1.54, 1.807) is 12.4 Å². The van der Waals surface area contributed by atoms with E-state index in [4.69, 9.17) is 0 Å². The molecule has 0 bridgehead atoms. The number of benzene rings is 2. The van der Waals surface area contributed by atoms with Gasteiger partial charge in [-0.05, 0) is 61.8 Å². The number of hydrogen-bond donors (Lipinski definition) is 3. The Balaban J connectivity index is 1.39. The molecule has 6 nitrogen and oxygen atoms in total. The van der Waals surface area contributed by atoms with Crippen LogP contribution >= 0.6 is 0 Å². The van der Waals surface area contributed by atoms with Crippen molar-refractivity contribution in [1.29, 1.82) is 0 Å². The number of aromatic nitrogens is 3. The van der Waals surface area contributed by atoms with Crippen LogP contribution in [0.2, 0.25) is 0 Å². The molecule has 0 unspecified atom stereocenters. The van der Waals surface area contributed by atoms with Crippen molar-refractivity contribution in [2.75, 3.05) is 29.9 Å². The predicted octanol–water partition coefficient (Wildman–Crippen LogP) is 4.48. The molecule has 0 saturated carbocycles. The van der Waals surface area contributed by atoms with Crippen LogP contribution in [0.25, 0.3) is 11.0 Å². The van der Waals surface area contributed by atoms with Gasteiger partial charge in [-0.15, -0.1) is 0 Å². The van der Waals surface area contributed by atoms with Crippen LogP contribution in [0, 0.1) is 5.82 Å². The van der Waals surface area contributed by atoms with E-state index in [9.17, 15) is 4.39 Å². The zero-order valence-corrected chi connectivity index (χ0v) is 17.7. The van der Waals surface area contributed by atoms with E-state index in [0.29, 0.717) is 12.1 Å². The van der Waals surface area contributed by atoms with Crippen molar-refractivity contribution in [2.45, 2.75) is 24.8 Å². The van der Waals surface area contributed by atoms with Crippen molar-refractivity contribution in [3.63, 3.8) is 0 Å². The molecular weight excluding hydrogens is 403 g/mol. The number of fused-ring (bicyclic) bond motifs is 3. The monoisotopic (exact) mass is 428 g/mol. The van der Waals surface area contributed by atoms with Gasteiger partial charge in [-0.2, -0.15) is 0 Å². The van der Waals surface area contributed by atoms with Gasteiger partial charge in [-0.1, -0.05) is 18.2 Å². The molecule has 0 radical (unpaired) electrons. The predicted molar refractivity (Wildman–Crippen MR) is 125 cm³/mol. The second-order valence-corrected chi connectivity index (χ2v) is 8.73. The molecule has 162 valence electrons. The van der Waals surface area contributed by atoms with Crippen LogP contribution in [-0.2, 0) is 12.0 Å². The molecule has 3 N–H and O–H groups in total. The van der Waals surface area contributed by atoms with Crippen molar-refractivity contribution in [1.82, 2.24) is 20.3 Å². The molecular formula is C25H25FN6. The maximum absolute atomic E-state index is 14.1. The summed E-state index contributed by atoms with van der Waals surface area (Å²) in [7, 11) is 0. The average Bonchev–Trinajstić information content (AvgIpc) is 3.42. The summed E-state index contributed by atoms with van der Waals surface area (Å²) in [4.78, 5) is 14.6. The molecule has 2 aromatic carbocycles. The van der Waals surface area contributed by atoms with Gasteiger partial charge in [0.2, 0.25) is 0 Å². The second kappa shape index (κ2) is 7.60. The number of rotatable bonds is 4. The van der Waals surface area contributed by atoms with E-state index in [1.807, 2.05) is 24.4 Å². The first-order chi connectivity index (χ1) is 15.7. The number of piperidine rings is 1. The van der Waals surface area contributed by atoms with Gasteiger partial charge >= 0.3 is 0 Å². The van der Waals surface area contributed by atoms with E-state index in [1.165, 1.54) is 17.3 Å². The molecule has 6 rings (SSSR count). The van der Waals surface area contributed by atoms with Crippen LogP contribution in [0.15, 0.2) is 61.1 Å². The zero-order valence-electron chi connectivity index (χ0n) is 17.7. The third kappa shape index (κ3) is 3.12. The summed E-state index contributed by atoms with van der Waals surface area (Å²) >= 11 is 0. The minimum atomic E-state index is -0.179. The number of H-pyrrole nitrogens is 1. The summed E-state index contributed by atoms with van der Waals surface area (Å²) in [6.45, 7) is 3.37. The molecule has 32 heavy (non-hydrogen) atoms. The highest BCUT2D eigenvalue weighted by Gasteiger charge is 2.44. The quantitative estimate of drug-likeness (QED) is 0.447. The van der Waals surface area contributed by atoms with Crippen LogP contribution < -0.4 is 15.5 Å². The number of nitrogens with zero attached hydrogens (tertiary/aromatic N) is 3. The Morgan fingerprint density at radius 2 is 1.94 bits per heavy atom. The summed E-state index contributed by atoms with van der Waals surface area (Å²) in [5, 5.41) is 7.97. The lowest BCUT2D eigenvalue weighted by molar-refractivity contribution is 0.329. The molecule has 1 fully saturated rings. The fraction of sp³-hybridized carbons (Fsp3) is 0.280. The van der Waals surface area contributed by atoms with Crippen LogP contribution in [0.1, 0.15) is 24.0 Å². The highest BCUT2D eigenvalue weighted by Crippen LogP contribution is 2.50. The maximum Gasteiger partial charge on any atom is 0.145 e. The highest BCUT2D eigenvalue weighted by molar-refractivity contribution is 5.91. The number of halogens is 1. The standard InChI is InChI=1S/C25H25FN6/c26-21-4-2-1-3-17(21)14-29-18-5-6-22-20(13-18)25(8-11-27-12-9-25)15-32(22)24-19-7-10-28-23(19)30-16-31-24/h1-7,10,13,16,27,29H,8-9,11-12,14-15H2,(H,28,30,31). The molecule has 0 atom stereocenters. The minimum absolute atomic E-state index is 0.0733. The Bertz CT molecular complexity index is 1280. The summed E-state index contributed by atoms with van der Waals surface area (Å²) in [5.41, 5.74) is 5.16. The number of aromatic amines is 1. The number of hydrogen-bond acceptors (Lipinski definition) is 5. The lowest BCUT2D eigenvalue weighted by Gasteiger charge is -2.35. The van der Waals surface area contributed by atoms with Gasteiger partial charge in [0.25, 0.3) is 0 Å². The zero-order chi connectivity index (χ0) is 21.5. The van der Waals surface area contributed by atoms with Gasteiger partial charge in [0, 0.05) is 41.6 Å². The highest BCUT2D eigenvalue weighted by atomic mass is 19.1. The van der Waals surface area contributed by atoms with Gasteiger partial charge in [0.15, 0.2) is 0 Å². The minimum Gasteiger partial charge on any atom is -0.381 e. The third-order valence-electron chi connectivity index (χ3n) is 6.91. The summed E-state index contributed by atoms with van der Waals surface area (Å²) in [6.07, 6.45) is 5.70. The Morgan fingerprint density at radius 3 is 2.81 bits per heavy atom. The molecule has 1 saturated heterocycles. The van der Waals surface area contributed by atoms with Gasteiger partial charge in [-0.25, -0.2) is 14.4 Å². The van der Waals surface area contributed by atoms with E-state index >= 15 is 0 Å². The van der Waals surface area contributed by atoms with Gasteiger partial charge in [0.05, 0.1) is 5.39 Å². The van der Waals surface area contributed by atoms with E-state index in [-0.39, 0.29) is 11.2 Å². The lowest BCUT2D eigenvalue weighted by Crippen LogP contribution is -2.42. The van der Waals surface area contributed by atoms with E-state index in [0.717, 1.165) is 55.0 Å². The van der Waals surface area contributed by atoms with Crippen LogP contribution in [0.4, 0.5) is 21.6 Å². The Kier molecular flexibility index (Phi) is 4.57. The fourth-order valence-corrected chi connectivity index (χ4v) is 5.21. The second-order valence-electron chi connectivity index (χ2n) is 8.73. The Hall–Kier alpha value is -3.45. The SMILES string of the molecule is Fc1ccccc1CNc1ccc2c(c1)C1(CCNCC1)CN2c1ncnc2[nH]ccc12. The molecule has 2 aliphatic rings. The van der Waals surface area contributed by atoms with E-state index < -0.39 is 0 Å². The maximum atomic E-state index is 14.1. The van der Waals surface area contributed by atoms with Crippen molar-refractivity contribution in [3.05, 3.63) is 78.0 Å². The summed E-state index contributed by atoms with van der Waals surface area (Å²) in [5.74, 6) is 0.765. The molecule has 4 heterocycles. The summed E-state index contributed by atoms with van der Waals surface area (Å²) in [6, 6.07) is 15.5. The molecule has 2 aliphatic heterocycles. The fourth-order valence-electron chi connectivity index (χ4n) is 5.21. The number of nitrogens with one attached hydrogen (secondary N) is 3.